The summed E-state index contributed by atoms with van der Waals surface area (Å²) in [4.78, 5) is 0. The monoisotopic (exact) mass is 262 g/mol. The van der Waals surface area contributed by atoms with Crippen molar-refractivity contribution in [3.05, 3.63) is 6.92 Å². The van der Waals surface area contributed by atoms with Crippen molar-refractivity contribution < 1.29 is 37.8 Å². The van der Waals surface area contributed by atoms with Gasteiger partial charge in [-0.3, -0.25) is 0 Å². The second kappa shape index (κ2) is 18.8. The second-order valence-corrected chi connectivity index (χ2v) is 3.23. The van der Waals surface area contributed by atoms with Crippen molar-refractivity contribution in [1.29, 1.82) is 0 Å². The van der Waals surface area contributed by atoms with Gasteiger partial charge in [0, 0.05) is 39.3 Å². The van der Waals surface area contributed by atoms with Gasteiger partial charge in [0.05, 0.1) is 0 Å². The van der Waals surface area contributed by atoms with Crippen molar-refractivity contribution in [1.82, 2.24) is 0 Å². The van der Waals surface area contributed by atoms with Crippen LogP contribution in [0.4, 0.5) is 0 Å². The molecule has 0 heterocycles. The fourth-order valence-corrected chi connectivity index (χ4v) is 0.566. The third-order valence-corrected chi connectivity index (χ3v) is 1.95. The summed E-state index contributed by atoms with van der Waals surface area (Å²) in [6, 6.07) is 0. The van der Waals surface area contributed by atoms with Crippen molar-refractivity contribution in [2.75, 3.05) is 6.61 Å². The number of aliphatic hydroxyl groups is 1. The largest absolute Gasteiger partial charge is 0.396 e. The van der Waals surface area contributed by atoms with Crippen LogP contribution in [0.15, 0.2) is 0 Å². The Morgan fingerprint density at radius 1 is 1.23 bits per heavy atom. The summed E-state index contributed by atoms with van der Waals surface area (Å²) in [5, 5.41) is 8.20. The summed E-state index contributed by atoms with van der Waals surface area (Å²) in [6.45, 7) is 10.6. The molecule has 0 aliphatic rings. The maximum Gasteiger partial charge on any atom is 0.0431 e. The fourth-order valence-electron chi connectivity index (χ4n) is 0.566. The van der Waals surface area contributed by atoms with Gasteiger partial charge in [0.2, 0.25) is 0 Å². The Morgan fingerprint density at radius 3 is 1.85 bits per heavy atom. The fraction of sp³-hybridized carbons (Fsp3) is 0.909. The van der Waals surface area contributed by atoms with Gasteiger partial charge in [-0.05, 0) is 6.42 Å². The minimum absolute atomic E-state index is 0. The second-order valence-electron chi connectivity index (χ2n) is 3.23. The summed E-state index contributed by atoms with van der Waals surface area (Å²) in [6.07, 6.45) is 5.67. The molecule has 13 heavy (non-hydrogen) atoms. The molecule has 0 bridgehead atoms. The van der Waals surface area contributed by atoms with E-state index in [-0.39, 0.29) is 32.7 Å². The predicted octanol–water partition coefficient (Wildman–Crippen LogP) is 3.42. The molecule has 0 spiro atoms. The Balaban J connectivity index is -0.000000143. The van der Waals surface area contributed by atoms with E-state index in [1.165, 1.54) is 12.8 Å². The first-order valence-corrected chi connectivity index (χ1v) is 5.12. The molecule has 1 unspecified atom stereocenters. The molecular weight excluding hydrogens is 237 g/mol. The number of hydrogen-bond acceptors (Lipinski definition) is 1. The van der Waals surface area contributed by atoms with Crippen LogP contribution < -0.4 is 0 Å². The quantitative estimate of drug-likeness (QED) is 0.594. The number of aliphatic hydroxyl groups excluding tert-OH is 1. The van der Waals surface area contributed by atoms with Crippen molar-refractivity contribution in [3.63, 3.8) is 0 Å². The van der Waals surface area contributed by atoms with E-state index < -0.39 is 0 Å². The van der Waals surface area contributed by atoms with Gasteiger partial charge in [0.25, 0.3) is 0 Å². The molecular formula is C11H25OY-. The molecule has 0 saturated heterocycles. The summed E-state index contributed by atoms with van der Waals surface area (Å²) < 4.78 is 0. The Morgan fingerprint density at radius 2 is 1.77 bits per heavy atom. The normalized spacial score (nSPS) is 10.8. The molecule has 1 atom stereocenters. The zero-order valence-electron chi connectivity index (χ0n) is 9.55. The summed E-state index contributed by atoms with van der Waals surface area (Å²) in [5.74, 6) is 0.824. The van der Waals surface area contributed by atoms with Crippen LogP contribution in [0.5, 0.6) is 0 Å². The SMILES string of the molecule is CCCCCO.[CH2-]CC(C)CC.[Y]. The minimum Gasteiger partial charge on any atom is -0.396 e. The molecule has 2 heteroatoms. The van der Waals surface area contributed by atoms with Crippen LogP contribution in [0.3, 0.4) is 0 Å². The van der Waals surface area contributed by atoms with Crippen molar-refractivity contribution in [2.45, 2.75) is 52.9 Å². The first-order chi connectivity index (χ1) is 5.72. The van der Waals surface area contributed by atoms with E-state index in [0.717, 1.165) is 25.2 Å². The first kappa shape index (κ1) is 19.6. The van der Waals surface area contributed by atoms with E-state index in [2.05, 4.69) is 27.7 Å². The summed E-state index contributed by atoms with van der Waals surface area (Å²) in [7, 11) is 0. The van der Waals surface area contributed by atoms with Gasteiger partial charge in [-0.15, -0.1) is 0 Å². The van der Waals surface area contributed by atoms with E-state index in [0.29, 0.717) is 6.61 Å². The van der Waals surface area contributed by atoms with Gasteiger partial charge < -0.3 is 12.0 Å². The maximum atomic E-state index is 8.20. The van der Waals surface area contributed by atoms with Crippen molar-refractivity contribution >= 4 is 0 Å². The van der Waals surface area contributed by atoms with Crippen LogP contribution in [0.2, 0.25) is 0 Å². The number of rotatable bonds is 5. The Labute approximate surface area is 110 Å². The topological polar surface area (TPSA) is 20.2 Å². The molecule has 1 nitrogen and oxygen atoms in total. The van der Waals surface area contributed by atoms with E-state index in [9.17, 15) is 0 Å². The third-order valence-electron chi connectivity index (χ3n) is 1.95. The van der Waals surface area contributed by atoms with Crippen LogP contribution in [-0.4, -0.2) is 11.7 Å². The average molecular weight is 262 g/mol. The van der Waals surface area contributed by atoms with Gasteiger partial charge in [-0.2, -0.15) is 6.42 Å². The first-order valence-electron chi connectivity index (χ1n) is 5.12. The third kappa shape index (κ3) is 24.6. The number of unbranched alkanes of at least 4 members (excludes halogenated alkanes) is 2. The molecule has 0 aromatic heterocycles. The Kier molecular flexibility index (Phi) is 28.3. The van der Waals surface area contributed by atoms with Crippen LogP contribution in [0.25, 0.3) is 0 Å². The van der Waals surface area contributed by atoms with Crippen molar-refractivity contribution in [3.8, 4) is 0 Å². The molecule has 1 radical (unpaired) electrons. The van der Waals surface area contributed by atoms with Gasteiger partial charge in [-0.1, -0.05) is 46.0 Å². The van der Waals surface area contributed by atoms with E-state index in [4.69, 9.17) is 5.11 Å². The molecule has 0 amide bonds. The minimum atomic E-state index is 0. The van der Waals surface area contributed by atoms with Crippen LogP contribution in [0.1, 0.15) is 52.9 Å². The van der Waals surface area contributed by atoms with Gasteiger partial charge in [0.15, 0.2) is 0 Å². The van der Waals surface area contributed by atoms with Crippen molar-refractivity contribution in [2.24, 2.45) is 5.92 Å². The summed E-state index contributed by atoms with van der Waals surface area (Å²) in [5.41, 5.74) is 0. The molecule has 1 N–H and O–H groups in total. The molecule has 0 saturated carbocycles. The molecule has 0 rings (SSSR count). The standard InChI is InChI=1S/C6H13.C5H12O.Y/c1-4-6(3)5-2;1-2-3-4-5-6;/h6H,1,4-5H2,2-3H3;6H,2-5H2,1H3;/q-1;;. The smallest absolute Gasteiger partial charge is 0.0431 e. The molecule has 0 fully saturated rings. The van der Waals surface area contributed by atoms with E-state index in [1.807, 2.05) is 0 Å². The van der Waals surface area contributed by atoms with E-state index >= 15 is 0 Å². The van der Waals surface area contributed by atoms with E-state index in [1.54, 1.807) is 0 Å². The zero-order chi connectivity index (χ0) is 9.82. The van der Waals surface area contributed by atoms with Gasteiger partial charge in [-0.25, -0.2) is 0 Å². The molecule has 0 aromatic rings. The zero-order valence-corrected chi connectivity index (χ0v) is 12.4. The molecule has 0 aromatic carbocycles. The number of hydrogen-bond donors (Lipinski definition) is 1. The summed E-state index contributed by atoms with van der Waals surface area (Å²) >= 11 is 0. The predicted molar refractivity (Wildman–Crippen MR) is 56.0 cm³/mol. The molecule has 0 aliphatic carbocycles. The average Bonchev–Trinajstić information content (AvgIpc) is 2.14. The molecule has 0 aliphatic heterocycles. The molecule has 79 valence electrons. The van der Waals surface area contributed by atoms with Crippen LogP contribution in [0, 0.1) is 12.8 Å². The van der Waals surface area contributed by atoms with Gasteiger partial charge >= 0.3 is 0 Å². The Bertz CT molecular complexity index is 59.1. The maximum absolute atomic E-state index is 8.20. The van der Waals surface area contributed by atoms with Gasteiger partial charge in [0.1, 0.15) is 0 Å². The van der Waals surface area contributed by atoms with Crippen LogP contribution in [-0.2, 0) is 32.7 Å². The Hall–Kier alpha value is 1.06. The van der Waals surface area contributed by atoms with Crippen LogP contribution >= 0.6 is 0 Å².